The second kappa shape index (κ2) is 12.9. The third-order valence-electron chi connectivity index (χ3n) is 12.9. The molecule has 0 bridgehead atoms. The summed E-state index contributed by atoms with van der Waals surface area (Å²) < 4.78 is 11.9. The Labute approximate surface area is 276 Å². The summed E-state index contributed by atoms with van der Waals surface area (Å²) in [6, 6.07) is 18.5. The molecule has 5 heteroatoms. The standard InChI is InChI=1S/C41H54O5/c1-27(13-12-22-39(2,3)46-38(44)29-16-10-7-11-17-29)32-18-19-33-36-34(21-24-41(32,33)5)40(4)23-20-31(25-30(40)26-35(36)42)45-37(43)28-14-8-6-9-15-28/h6-11,14-17,26-27,31-36,42H,12-13,18-25H2,1-5H3. The molecular formula is C41H54O5. The number of carbonyl (C=O) groups excluding carboxylic acids is 2. The quantitative estimate of drug-likeness (QED) is 0.222. The number of hydrogen-bond donors (Lipinski definition) is 1. The largest absolute Gasteiger partial charge is 0.458 e. The highest BCUT2D eigenvalue weighted by Gasteiger charge is 2.61. The molecule has 6 rings (SSSR count). The maximum Gasteiger partial charge on any atom is 0.338 e. The van der Waals surface area contributed by atoms with Gasteiger partial charge in [0, 0.05) is 6.42 Å². The summed E-state index contributed by atoms with van der Waals surface area (Å²) >= 11 is 0. The molecule has 0 radical (unpaired) electrons. The van der Waals surface area contributed by atoms with Gasteiger partial charge in [-0.25, -0.2) is 9.59 Å². The minimum Gasteiger partial charge on any atom is -0.458 e. The van der Waals surface area contributed by atoms with Crippen molar-refractivity contribution in [1.82, 2.24) is 0 Å². The topological polar surface area (TPSA) is 72.8 Å². The van der Waals surface area contributed by atoms with Crippen molar-refractivity contribution >= 4 is 11.9 Å². The van der Waals surface area contributed by atoms with Gasteiger partial charge < -0.3 is 14.6 Å². The van der Waals surface area contributed by atoms with E-state index in [1.54, 1.807) is 12.1 Å². The normalized spacial score (nSPS) is 34.3. The number of fused-ring (bicyclic) bond motifs is 5. The number of rotatable bonds is 9. The fourth-order valence-electron chi connectivity index (χ4n) is 10.5. The number of carbonyl (C=O) groups is 2. The van der Waals surface area contributed by atoms with Gasteiger partial charge in [0.25, 0.3) is 0 Å². The molecule has 9 atom stereocenters. The Balaban J connectivity index is 1.07. The lowest BCUT2D eigenvalue weighted by Crippen LogP contribution is -2.55. The Bertz CT molecular complexity index is 1410. The van der Waals surface area contributed by atoms with Crippen LogP contribution in [0, 0.1) is 40.4 Å². The number of aliphatic hydroxyl groups excluding tert-OH is 1. The zero-order valence-corrected chi connectivity index (χ0v) is 28.5. The van der Waals surface area contributed by atoms with Crippen LogP contribution in [-0.2, 0) is 9.47 Å². The van der Waals surface area contributed by atoms with Crippen LogP contribution in [0.2, 0.25) is 0 Å². The predicted octanol–water partition coefficient (Wildman–Crippen LogP) is 9.20. The minimum atomic E-state index is -0.503. The molecular weight excluding hydrogens is 572 g/mol. The van der Waals surface area contributed by atoms with Crippen LogP contribution in [0.25, 0.3) is 0 Å². The molecule has 2 aromatic carbocycles. The third-order valence-corrected chi connectivity index (χ3v) is 12.9. The highest BCUT2D eigenvalue weighted by Crippen LogP contribution is 2.67. The van der Waals surface area contributed by atoms with Crippen molar-refractivity contribution in [3.63, 3.8) is 0 Å². The molecule has 5 nitrogen and oxygen atoms in total. The first-order valence-electron chi connectivity index (χ1n) is 17.8. The summed E-state index contributed by atoms with van der Waals surface area (Å²) in [4.78, 5) is 25.5. The summed E-state index contributed by atoms with van der Waals surface area (Å²) in [6.45, 7) is 11.5. The number of hydrogen-bond acceptors (Lipinski definition) is 5. The highest BCUT2D eigenvalue weighted by molar-refractivity contribution is 5.90. The van der Waals surface area contributed by atoms with Gasteiger partial charge in [0.05, 0.1) is 17.2 Å². The van der Waals surface area contributed by atoms with E-state index >= 15 is 0 Å². The number of ether oxygens (including phenoxy) is 2. The van der Waals surface area contributed by atoms with E-state index in [2.05, 4.69) is 26.8 Å². The van der Waals surface area contributed by atoms with Gasteiger partial charge in [-0.1, -0.05) is 75.2 Å². The molecule has 0 aromatic heterocycles. The van der Waals surface area contributed by atoms with Crippen molar-refractivity contribution < 1.29 is 24.2 Å². The van der Waals surface area contributed by atoms with E-state index < -0.39 is 11.7 Å². The van der Waals surface area contributed by atoms with Crippen molar-refractivity contribution in [3.8, 4) is 0 Å². The molecule has 4 aliphatic carbocycles. The smallest absolute Gasteiger partial charge is 0.338 e. The molecule has 0 saturated heterocycles. The zero-order chi connectivity index (χ0) is 32.7. The molecule has 0 amide bonds. The van der Waals surface area contributed by atoms with E-state index in [1.165, 1.54) is 24.8 Å². The second-order valence-electron chi connectivity index (χ2n) is 16.1. The van der Waals surface area contributed by atoms with Crippen LogP contribution in [0.15, 0.2) is 72.3 Å². The number of aliphatic hydroxyl groups is 1. The van der Waals surface area contributed by atoms with Gasteiger partial charge in [0.2, 0.25) is 0 Å². The summed E-state index contributed by atoms with van der Waals surface area (Å²) in [6.07, 6.45) is 12.0. The van der Waals surface area contributed by atoms with E-state index in [9.17, 15) is 14.7 Å². The fraction of sp³-hybridized carbons (Fsp3) is 0.610. The molecule has 3 saturated carbocycles. The van der Waals surface area contributed by atoms with Crippen molar-refractivity contribution in [2.45, 2.75) is 117 Å². The van der Waals surface area contributed by atoms with Crippen LogP contribution in [-0.4, -0.2) is 34.9 Å². The van der Waals surface area contributed by atoms with Crippen LogP contribution in [0.5, 0.6) is 0 Å². The maximum atomic E-state index is 12.8. The number of benzene rings is 2. The lowest BCUT2D eigenvalue weighted by atomic mass is 9.46. The number of esters is 2. The van der Waals surface area contributed by atoms with Gasteiger partial charge in [-0.15, -0.1) is 0 Å². The van der Waals surface area contributed by atoms with Crippen molar-refractivity contribution in [2.75, 3.05) is 0 Å². The molecule has 9 unspecified atom stereocenters. The monoisotopic (exact) mass is 626 g/mol. The predicted molar refractivity (Wildman–Crippen MR) is 181 cm³/mol. The van der Waals surface area contributed by atoms with E-state index in [4.69, 9.17) is 9.47 Å². The second-order valence-corrected chi connectivity index (χ2v) is 16.1. The molecule has 248 valence electrons. The molecule has 0 spiro atoms. The van der Waals surface area contributed by atoms with Crippen LogP contribution in [0.3, 0.4) is 0 Å². The van der Waals surface area contributed by atoms with Gasteiger partial charge in [0.1, 0.15) is 11.7 Å². The molecule has 3 fully saturated rings. The third kappa shape index (κ3) is 6.33. The summed E-state index contributed by atoms with van der Waals surface area (Å²) in [7, 11) is 0. The van der Waals surface area contributed by atoms with E-state index in [0.717, 1.165) is 44.9 Å². The van der Waals surface area contributed by atoms with E-state index in [1.807, 2.05) is 62.4 Å². The van der Waals surface area contributed by atoms with Gasteiger partial charge in [0.15, 0.2) is 0 Å². The average Bonchev–Trinajstić information content (AvgIpc) is 3.39. The summed E-state index contributed by atoms with van der Waals surface area (Å²) in [5.74, 6) is 2.03. The lowest BCUT2D eigenvalue weighted by Gasteiger charge is -2.59. The Morgan fingerprint density at radius 1 is 0.891 bits per heavy atom. The van der Waals surface area contributed by atoms with Gasteiger partial charge >= 0.3 is 11.9 Å². The lowest BCUT2D eigenvalue weighted by molar-refractivity contribution is -0.0979. The van der Waals surface area contributed by atoms with Gasteiger partial charge in [-0.3, -0.25) is 0 Å². The maximum absolute atomic E-state index is 12.8. The van der Waals surface area contributed by atoms with Crippen LogP contribution in [0.1, 0.15) is 120 Å². The first-order chi connectivity index (χ1) is 21.9. The molecule has 2 aromatic rings. The fourth-order valence-corrected chi connectivity index (χ4v) is 10.5. The van der Waals surface area contributed by atoms with Gasteiger partial charge in [-0.05, 0) is 130 Å². The first kappa shape index (κ1) is 33.0. The summed E-state index contributed by atoms with van der Waals surface area (Å²) in [5, 5.41) is 11.7. The van der Waals surface area contributed by atoms with Crippen molar-refractivity contribution in [3.05, 3.63) is 83.4 Å². The Morgan fingerprint density at radius 3 is 2.22 bits per heavy atom. The van der Waals surface area contributed by atoms with E-state index in [-0.39, 0.29) is 28.9 Å². The van der Waals surface area contributed by atoms with Gasteiger partial charge in [-0.2, -0.15) is 0 Å². The highest BCUT2D eigenvalue weighted by atomic mass is 16.6. The van der Waals surface area contributed by atoms with Crippen molar-refractivity contribution in [2.24, 2.45) is 40.4 Å². The van der Waals surface area contributed by atoms with Crippen molar-refractivity contribution in [1.29, 1.82) is 0 Å². The average molecular weight is 627 g/mol. The van der Waals surface area contributed by atoms with E-state index in [0.29, 0.717) is 40.7 Å². The Morgan fingerprint density at radius 2 is 1.54 bits per heavy atom. The molecule has 1 N–H and O–H groups in total. The minimum absolute atomic E-state index is 0.0628. The van der Waals surface area contributed by atoms with Crippen LogP contribution in [0.4, 0.5) is 0 Å². The summed E-state index contributed by atoms with van der Waals surface area (Å²) in [5.41, 5.74) is 2.30. The molecule has 4 aliphatic rings. The Kier molecular flexibility index (Phi) is 9.28. The Hall–Kier alpha value is -2.92. The molecule has 0 heterocycles. The SMILES string of the molecule is CC(CCCC(C)(C)OC(=O)c1ccccc1)C1CCC2C3C(O)C=C4CC(OC(=O)c5ccccc5)CCC4(C)C3CCC12C. The zero-order valence-electron chi connectivity index (χ0n) is 28.5. The molecule has 0 aliphatic heterocycles. The van der Waals surface area contributed by atoms with Crippen LogP contribution < -0.4 is 0 Å². The van der Waals surface area contributed by atoms with Crippen LogP contribution >= 0.6 is 0 Å². The first-order valence-corrected chi connectivity index (χ1v) is 17.8. The molecule has 46 heavy (non-hydrogen) atoms.